The molecule has 2 rings (SSSR count). The molecule has 3 atom stereocenters. The zero-order chi connectivity index (χ0) is 13.3. The van der Waals surface area contributed by atoms with Crippen molar-refractivity contribution in [3.63, 3.8) is 0 Å². The van der Waals surface area contributed by atoms with E-state index in [4.69, 9.17) is 4.74 Å². The first kappa shape index (κ1) is 13.3. The van der Waals surface area contributed by atoms with Crippen molar-refractivity contribution in [3.8, 4) is 0 Å². The van der Waals surface area contributed by atoms with Gasteiger partial charge in [0.25, 0.3) is 0 Å². The maximum atomic E-state index is 12.3. The molecule has 1 aliphatic heterocycles. The maximum absolute atomic E-state index is 12.3. The Morgan fingerprint density at radius 1 is 1.44 bits per heavy atom. The van der Waals surface area contributed by atoms with Crippen LogP contribution in [0.5, 0.6) is 0 Å². The van der Waals surface area contributed by atoms with Crippen LogP contribution in [-0.4, -0.2) is 48.6 Å². The molecule has 1 aliphatic carbocycles. The summed E-state index contributed by atoms with van der Waals surface area (Å²) in [7, 11) is 1.65. The van der Waals surface area contributed by atoms with Gasteiger partial charge in [0.15, 0.2) is 0 Å². The normalized spacial score (nSPS) is 30.3. The van der Waals surface area contributed by atoms with Crippen LogP contribution >= 0.6 is 0 Å². The lowest BCUT2D eigenvalue weighted by molar-refractivity contribution is -0.152. The van der Waals surface area contributed by atoms with E-state index in [-0.39, 0.29) is 23.9 Å². The van der Waals surface area contributed by atoms with Crippen LogP contribution < -0.4 is 5.32 Å². The highest BCUT2D eigenvalue weighted by atomic mass is 16.5. The number of hydrogen-bond acceptors (Lipinski definition) is 3. The summed E-state index contributed by atoms with van der Waals surface area (Å²) < 4.78 is 5.07. The van der Waals surface area contributed by atoms with Gasteiger partial charge in [-0.2, -0.15) is 0 Å². The van der Waals surface area contributed by atoms with Gasteiger partial charge in [0.2, 0.25) is 11.8 Å². The predicted molar refractivity (Wildman–Crippen MR) is 66.9 cm³/mol. The van der Waals surface area contributed by atoms with E-state index in [2.05, 4.69) is 5.32 Å². The Morgan fingerprint density at radius 3 is 2.67 bits per heavy atom. The number of carbonyl (C=O) groups is 2. The molecule has 1 saturated carbocycles. The fourth-order valence-corrected chi connectivity index (χ4v) is 2.62. The molecule has 1 N–H and O–H groups in total. The van der Waals surface area contributed by atoms with Gasteiger partial charge in [-0.05, 0) is 39.0 Å². The molecule has 0 aromatic heterocycles. The van der Waals surface area contributed by atoms with Crippen LogP contribution in [-0.2, 0) is 14.3 Å². The van der Waals surface area contributed by atoms with Gasteiger partial charge in [0, 0.05) is 19.8 Å². The molecule has 0 aromatic rings. The van der Waals surface area contributed by atoms with Gasteiger partial charge in [-0.3, -0.25) is 9.59 Å². The van der Waals surface area contributed by atoms with Crippen molar-refractivity contribution < 1.29 is 14.3 Å². The van der Waals surface area contributed by atoms with Crippen LogP contribution in [0.4, 0.5) is 0 Å². The summed E-state index contributed by atoms with van der Waals surface area (Å²) in [4.78, 5) is 26.2. The first-order valence-corrected chi connectivity index (χ1v) is 6.67. The standard InChI is InChI=1S/C13H22N2O3/c1-8(6-7-18-3)15-11(10-4-5-10)12(16)14-9(2)13(15)17/h8-11H,4-7H2,1-3H3,(H,14,16). The fraction of sp³-hybridized carbons (Fsp3) is 0.846. The van der Waals surface area contributed by atoms with Gasteiger partial charge < -0.3 is 15.0 Å². The average molecular weight is 254 g/mol. The maximum Gasteiger partial charge on any atom is 0.245 e. The summed E-state index contributed by atoms with van der Waals surface area (Å²) in [6.45, 7) is 4.36. The summed E-state index contributed by atoms with van der Waals surface area (Å²) in [6, 6.07) is -0.616. The van der Waals surface area contributed by atoms with Crippen molar-refractivity contribution in [2.24, 2.45) is 5.92 Å². The van der Waals surface area contributed by atoms with E-state index in [9.17, 15) is 9.59 Å². The third-order valence-corrected chi connectivity index (χ3v) is 3.84. The number of piperazine rings is 1. The van der Waals surface area contributed by atoms with Crippen molar-refractivity contribution in [1.29, 1.82) is 0 Å². The molecular formula is C13H22N2O3. The minimum atomic E-state index is -0.405. The van der Waals surface area contributed by atoms with Crippen LogP contribution in [0.2, 0.25) is 0 Å². The highest BCUT2D eigenvalue weighted by molar-refractivity contribution is 5.97. The Bertz CT molecular complexity index is 341. The molecule has 0 spiro atoms. The molecule has 3 unspecified atom stereocenters. The predicted octanol–water partition coefficient (Wildman–Crippen LogP) is 0.537. The van der Waals surface area contributed by atoms with Crippen molar-refractivity contribution in [1.82, 2.24) is 10.2 Å². The van der Waals surface area contributed by atoms with Crippen LogP contribution in [0.3, 0.4) is 0 Å². The van der Waals surface area contributed by atoms with Gasteiger partial charge >= 0.3 is 0 Å². The van der Waals surface area contributed by atoms with Gasteiger partial charge in [0.05, 0.1) is 0 Å². The number of nitrogens with one attached hydrogen (secondary N) is 1. The summed E-state index contributed by atoms with van der Waals surface area (Å²) in [5.41, 5.74) is 0. The molecule has 0 radical (unpaired) electrons. The van der Waals surface area contributed by atoms with Crippen molar-refractivity contribution in [2.75, 3.05) is 13.7 Å². The monoisotopic (exact) mass is 254 g/mol. The molecule has 2 aliphatic rings. The zero-order valence-corrected chi connectivity index (χ0v) is 11.3. The van der Waals surface area contributed by atoms with Gasteiger partial charge in [-0.1, -0.05) is 0 Å². The molecule has 1 heterocycles. The van der Waals surface area contributed by atoms with E-state index in [1.165, 1.54) is 0 Å². The summed E-state index contributed by atoms with van der Waals surface area (Å²) in [6.07, 6.45) is 2.87. The van der Waals surface area contributed by atoms with Crippen LogP contribution in [0.1, 0.15) is 33.1 Å². The highest BCUT2D eigenvalue weighted by Gasteiger charge is 2.48. The molecule has 1 saturated heterocycles. The largest absolute Gasteiger partial charge is 0.385 e. The second-order valence-electron chi connectivity index (χ2n) is 5.39. The molecule has 2 fully saturated rings. The Balaban J connectivity index is 2.13. The van der Waals surface area contributed by atoms with E-state index in [1.807, 2.05) is 6.92 Å². The Labute approximate surface area is 108 Å². The smallest absolute Gasteiger partial charge is 0.245 e. The summed E-state index contributed by atoms with van der Waals surface area (Å²) in [5, 5.41) is 2.78. The van der Waals surface area contributed by atoms with E-state index < -0.39 is 6.04 Å². The Hall–Kier alpha value is -1.10. The first-order valence-electron chi connectivity index (χ1n) is 6.67. The second kappa shape index (κ2) is 5.26. The summed E-state index contributed by atoms with van der Waals surface area (Å²) in [5.74, 6) is 0.399. The lowest BCUT2D eigenvalue weighted by atomic mass is 10.0. The second-order valence-corrected chi connectivity index (χ2v) is 5.39. The Kier molecular flexibility index (Phi) is 3.90. The third kappa shape index (κ3) is 2.51. The van der Waals surface area contributed by atoms with E-state index in [1.54, 1.807) is 18.9 Å². The van der Waals surface area contributed by atoms with E-state index >= 15 is 0 Å². The highest BCUT2D eigenvalue weighted by Crippen LogP contribution is 2.38. The number of methoxy groups -OCH3 is 1. The van der Waals surface area contributed by atoms with Crippen molar-refractivity contribution in [3.05, 3.63) is 0 Å². The lowest BCUT2D eigenvalue weighted by Crippen LogP contribution is -2.65. The number of hydrogen-bond donors (Lipinski definition) is 1. The lowest BCUT2D eigenvalue weighted by Gasteiger charge is -2.41. The van der Waals surface area contributed by atoms with Crippen LogP contribution in [0, 0.1) is 5.92 Å². The number of nitrogens with zero attached hydrogens (tertiary/aromatic N) is 1. The minimum absolute atomic E-state index is 0.00821. The molecule has 18 heavy (non-hydrogen) atoms. The quantitative estimate of drug-likeness (QED) is 0.779. The number of ether oxygens (including phenoxy) is 1. The molecule has 0 bridgehead atoms. The van der Waals surface area contributed by atoms with E-state index in [0.29, 0.717) is 12.5 Å². The summed E-state index contributed by atoms with van der Waals surface area (Å²) >= 11 is 0. The molecule has 102 valence electrons. The van der Waals surface area contributed by atoms with Crippen molar-refractivity contribution in [2.45, 2.75) is 51.2 Å². The van der Waals surface area contributed by atoms with Crippen molar-refractivity contribution >= 4 is 11.8 Å². The average Bonchev–Trinajstić information content (AvgIpc) is 3.14. The van der Waals surface area contributed by atoms with Gasteiger partial charge in [-0.25, -0.2) is 0 Å². The minimum Gasteiger partial charge on any atom is -0.385 e. The number of amides is 2. The number of carbonyl (C=O) groups excluding carboxylic acids is 2. The fourth-order valence-electron chi connectivity index (χ4n) is 2.62. The van der Waals surface area contributed by atoms with Gasteiger partial charge in [-0.15, -0.1) is 0 Å². The molecule has 5 nitrogen and oxygen atoms in total. The van der Waals surface area contributed by atoms with Gasteiger partial charge in [0.1, 0.15) is 12.1 Å². The number of rotatable bonds is 5. The van der Waals surface area contributed by atoms with Crippen LogP contribution in [0.15, 0.2) is 0 Å². The molecule has 5 heteroatoms. The Morgan fingerprint density at radius 2 is 2.11 bits per heavy atom. The molecular weight excluding hydrogens is 232 g/mol. The first-order chi connectivity index (χ1) is 8.56. The molecule has 0 aromatic carbocycles. The topological polar surface area (TPSA) is 58.6 Å². The zero-order valence-electron chi connectivity index (χ0n) is 11.3. The van der Waals surface area contributed by atoms with Crippen LogP contribution in [0.25, 0.3) is 0 Å². The third-order valence-electron chi connectivity index (χ3n) is 3.84. The van der Waals surface area contributed by atoms with E-state index in [0.717, 1.165) is 19.3 Å². The SMILES string of the molecule is COCCC(C)N1C(=O)C(C)NC(=O)C1C1CC1. The molecule has 2 amide bonds.